The first-order valence-electron chi connectivity index (χ1n) is 4.38. The molecule has 0 saturated heterocycles. The van der Waals surface area contributed by atoms with E-state index in [1.807, 2.05) is 16.8 Å². The number of nitrogen functional groups attached to an aromatic ring is 1. The van der Waals surface area contributed by atoms with E-state index in [4.69, 9.17) is 5.73 Å². The van der Waals surface area contributed by atoms with Gasteiger partial charge in [-0.1, -0.05) is 0 Å². The standard InChI is InChI=1S/C9H11N5/c10-9-11-4-6-14(9)5-2-8-1-3-12-13-7-8/h1,3-4,6-7H,2,5H2,(H2,10,11). The summed E-state index contributed by atoms with van der Waals surface area (Å²) in [5.74, 6) is 0.548. The van der Waals surface area contributed by atoms with Crippen molar-refractivity contribution in [3.05, 3.63) is 36.4 Å². The Morgan fingerprint density at radius 1 is 1.29 bits per heavy atom. The zero-order valence-electron chi connectivity index (χ0n) is 7.67. The molecule has 0 spiro atoms. The Hall–Kier alpha value is -1.91. The number of anilines is 1. The highest BCUT2D eigenvalue weighted by molar-refractivity contribution is 5.17. The van der Waals surface area contributed by atoms with Gasteiger partial charge in [0.2, 0.25) is 0 Å². The summed E-state index contributed by atoms with van der Waals surface area (Å²) in [6.45, 7) is 0.817. The van der Waals surface area contributed by atoms with Crippen LogP contribution in [0.5, 0.6) is 0 Å². The summed E-state index contributed by atoms with van der Waals surface area (Å²) >= 11 is 0. The van der Waals surface area contributed by atoms with E-state index < -0.39 is 0 Å². The van der Waals surface area contributed by atoms with Crippen LogP contribution < -0.4 is 5.73 Å². The molecule has 2 rings (SSSR count). The molecule has 2 aromatic heterocycles. The van der Waals surface area contributed by atoms with Gasteiger partial charge in [-0.15, -0.1) is 0 Å². The number of rotatable bonds is 3. The molecule has 14 heavy (non-hydrogen) atoms. The smallest absolute Gasteiger partial charge is 0.200 e. The van der Waals surface area contributed by atoms with Crippen molar-refractivity contribution in [1.82, 2.24) is 19.7 Å². The molecule has 0 fully saturated rings. The zero-order valence-corrected chi connectivity index (χ0v) is 7.67. The quantitative estimate of drug-likeness (QED) is 0.763. The fourth-order valence-corrected chi connectivity index (χ4v) is 1.25. The Bertz CT molecular complexity index is 395. The molecule has 0 aliphatic rings. The van der Waals surface area contributed by atoms with Gasteiger partial charge >= 0.3 is 0 Å². The van der Waals surface area contributed by atoms with Crippen molar-refractivity contribution in [2.75, 3.05) is 5.73 Å². The number of hydrogen-bond acceptors (Lipinski definition) is 4. The van der Waals surface area contributed by atoms with Crippen molar-refractivity contribution < 1.29 is 0 Å². The van der Waals surface area contributed by atoms with Crippen molar-refractivity contribution in [3.8, 4) is 0 Å². The van der Waals surface area contributed by atoms with Crippen molar-refractivity contribution in [2.24, 2.45) is 0 Å². The monoisotopic (exact) mass is 189 g/mol. The van der Waals surface area contributed by atoms with Crippen LogP contribution in [-0.4, -0.2) is 19.7 Å². The van der Waals surface area contributed by atoms with Crippen LogP contribution in [0, 0.1) is 0 Å². The molecule has 0 aliphatic carbocycles. The Morgan fingerprint density at radius 3 is 2.86 bits per heavy atom. The first-order chi connectivity index (χ1) is 6.86. The van der Waals surface area contributed by atoms with Crippen LogP contribution in [0.4, 0.5) is 5.95 Å². The van der Waals surface area contributed by atoms with E-state index in [0.29, 0.717) is 5.95 Å². The summed E-state index contributed by atoms with van der Waals surface area (Å²) in [4.78, 5) is 3.94. The van der Waals surface area contributed by atoms with Gasteiger partial charge in [-0.3, -0.25) is 0 Å². The Labute approximate surface area is 81.6 Å². The van der Waals surface area contributed by atoms with Crippen LogP contribution in [0.3, 0.4) is 0 Å². The second-order valence-electron chi connectivity index (χ2n) is 2.98. The number of nitrogens with two attached hydrogens (primary N) is 1. The number of aromatic nitrogens is 4. The molecule has 2 heterocycles. The van der Waals surface area contributed by atoms with Gasteiger partial charge in [0.25, 0.3) is 0 Å². The van der Waals surface area contributed by atoms with Crippen LogP contribution in [-0.2, 0) is 13.0 Å². The van der Waals surface area contributed by atoms with Crippen LogP contribution in [0.15, 0.2) is 30.9 Å². The minimum absolute atomic E-state index is 0.548. The molecule has 72 valence electrons. The average molecular weight is 189 g/mol. The van der Waals surface area contributed by atoms with E-state index in [0.717, 1.165) is 18.5 Å². The van der Waals surface area contributed by atoms with Crippen molar-refractivity contribution in [3.63, 3.8) is 0 Å². The van der Waals surface area contributed by atoms with Gasteiger partial charge in [-0.2, -0.15) is 10.2 Å². The molecule has 5 nitrogen and oxygen atoms in total. The number of aryl methyl sites for hydroxylation is 2. The second kappa shape index (κ2) is 3.87. The predicted molar refractivity (Wildman–Crippen MR) is 52.4 cm³/mol. The van der Waals surface area contributed by atoms with Crippen LogP contribution in [0.25, 0.3) is 0 Å². The third kappa shape index (κ3) is 1.87. The average Bonchev–Trinajstić information content (AvgIpc) is 2.63. The van der Waals surface area contributed by atoms with Gasteiger partial charge in [0.1, 0.15) is 0 Å². The van der Waals surface area contributed by atoms with E-state index in [9.17, 15) is 0 Å². The fraction of sp³-hybridized carbons (Fsp3) is 0.222. The van der Waals surface area contributed by atoms with Crippen LogP contribution >= 0.6 is 0 Å². The molecule has 0 atom stereocenters. The van der Waals surface area contributed by atoms with E-state index in [-0.39, 0.29) is 0 Å². The summed E-state index contributed by atoms with van der Waals surface area (Å²) in [6, 6.07) is 1.94. The normalized spacial score (nSPS) is 10.3. The molecular formula is C9H11N5. The first-order valence-corrected chi connectivity index (χ1v) is 4.38. The maximum absolute atomic E-state index is 5.63. The molecular weight excluding hydrogens is 178 g/mol. The largest absolute Gasteiger partial charge is 0.369 e. The zero-order chi connectivity index (χ0) is 9.80. The van der Waals surface area contributed by atoms with Crippen molar-refractivity contribution >= 4 is 5.95 Å². The number of nitrogens with zero attached hydrogens (tertiary/aromatic N) is 4. The highest BCUT2D eigenvalue weighted by Gasteiger charge is 1.98. The van der Waals surface area contributed by atoms with Crippen LogP contribution in [0.1, 0.15) is 5.56 Å². The van der Waals surface area contributed by atoms with Gasteiger partial charge in [0, 0.05) is 25.1 Å². The summed E-state index contributed by atoms with van der Waals surface area (Å²) < 4.78 is 1.90. The SMILES string of the molecule is Nc1nccn1CCc1ccnnc1. The molecule has 5 heteroatoms. The van der Waals surface area contributed by atoms with E-state index in [2.05, 4.69) is 15.2 Å². The molecule has 0 aliphatic heterocycles. The Kier molecular flexibility index (Phi) is 2.40. The topological polar surface area (TPSA) is 69.6 Å². The lowest BCUT2D eigenvalue weighted by Crippen LogP contribution is -2.04. The summed E-state index contributed by atoms with van der Waals surface area (Å²) in [5, 5.41) is 7.51. The molecule has 2 N–H and O–H groups in total. The molecule has 2 aromatic rings. The van der Waals surface area contributed by atoms with Gasteiger partial charge in [0.05, 0.1) is 6.20 Å². The van der Waals surface area contributed by atoms with E-state index in [1.165, 1.54) is 0 Å². The van der Waals surface area contributed by atoms with E-state index >= 15 is 0 Å². The fourth-order valence-electron chi connectivity index (χ4n) is 1.25. The van der Waals surface area contributed by atoms with Crippen LogP contribution in [0.2, 0.25) is 0 Å². The third-order valence-corrected chi connectivity index (χ3v) is 2.03. The van der Waals surface area contributed by atoms with Crippen molar-refractivity contribution in [1.29, 1.82) is 0 Å². The summed E-state index contributed by atoms with van der Waals surface area (Å²) in [5.41, 5.74) is 6.77. The lowest BCUT2D eigenvalue weighted by molar-refractivity contribution is 0.702. The second-order valence-corrected chi connectivity index (χ2v) is 2.98. The summed E-state index contributed by atoms with van der Waals surface area (Å²) in [7, 11) is 0. The summed E-state index contributed by atoms with van der Waals surface area (Å²) in [6.07, 6.45) is 7.89. The Morgan fingerprint density at radius 2 is 2.21 bits per heavy atom. The molecule has 0 saturated carbocycles. The minimum Gasteiger partial charge on any atom is -0.369 e. The highest BCUT2D eigenvalue weighted by atomic mass is 15.1. The lowest BCUT2D eigenvalue weighted by atomic mass is 10.2. The first kappa shape index (κ1) is 8.68. The van der Waals surface area contributed by atoms with Gasteiger partial charge in [-0.25, -0.2) is 4.98 Å². The molecule has 0 amide bonds. The molecule has 0 radical (unpaired) electrons. The molecule has 0 bridgehead atoms. The molecule has 0 aromatic carbocycles. The van der Waals surface area contributed by atoms with Crippen molar-refractivity contribution in [2.45, 2.75) is 13.0 Å². The molecule has 0 unspecified atom stereocenters. The van der Waals surface area contributed by atoms with Gasteiger partial charge < -0.3 is 10.3 Å². The minimum atomic E-state index is 0.548. The van der Waals surface area contributed by atoms with Gasteiger partial charge in [0.15, 0.2) is 5.95 Å². The van der Waals surface area contributed by atoms with Gasteiger partial charge in [-0.05, 0) is 18.1 Å². The maximum Gasteiger partial charge on any atom is 0.200 e. The number of hydrogen-bond donors (Lipinski definition) is 1. The predicted octanol–water partition coefficient (Wildman–Crippen LogP) is 0.498. The lowest BCUT2D eigenvalue weighted by Gasteiger charge is -2.03. The van der Waals surface area contributed by atoms with E-state index in [1.54, 1.807) is 18.6 Å². The Balaban J connectivity index is 1.99. The third-order valence-electron chi connectivity index (χ3n) is 2.03. The number of imidazole rings is 1. The maximum atomic E-state index is 5.63. The highest BCUT2D eigenvalue weighted by Crippen LogP contribution is 2.02.